The van der Waals surface area contributed by atoms with Gasteiger partial charge in [0.15, 0.2) is 0 Å². The summed E-state index contributed by atoms with van der Waals surface area (Å²) in [5, 5.41) is 3.37. The zero-order valence-electron chi connectivity index (χ0n) is 29.4. The van der Waals surface area contributed by atoms with Crippen LogP contribution in [0.2, 0.25) is 10.0 Å². The van der Waals surface area contributed by atoms with E-state index in [0.717, 1.165) is 60.4 Å². The third-order valence-electron chi connectivity index (χ3n) is 8.71. The minimum Gasteiger partial charge on any atom is -0.469 e. The first-order valence-electron chi connectivity index (χ1n) is 16.5. The number of nitrogens with one attached hydrogen (secondary N) is 1. The molecule has 1 N–H and O–H groups in total. The van der Waals surface area contributed by atoms with Crippen LogP contribution in [0.25, 0.3) is 0 Å². The van der Waals surface area contributed by atoms with Crippen LogP contribution in [-0.4, -0.2) is 78.5 Å². The van der Waals surface area contributed by atoms with E-state index in [4.69, 9.17) is 32.7 Å². The molecule has 0 aliphatic carbocycles. The Labute approximate surface area is 348 Å². The van der Waals surface area contributed by atoms with Crippen molar-refractivity contribution in [2.45, 2.75) is 48.5 Å². The summed E-state index contributed by atoms with van der Waals surface area (Å²) in [5.41, 5.74) is 2.22. The molecule has 3 atom stereocenters. The predicted molar refractivity (Wildman–Crippen MR) is 225 cm³/mol. The summed E-state index contributed by atoms with van der Waals surface area (Å²) in [7, 11) is 4.21. The smallest absolute Gasteiger partial charge is 0.310 e. The van der Waals surface area contributed by atoms with Crippen LogP contribution >= 0.6 is 45.8 Å². The molecule has 0 bridgehead atoms. The summed E-state index contributed by atoms with van der Waals surface area (Å²) in [4.78, 5) is 37.5. The van der Waals surface area contributed by atoms with E-state index in [2.05, 4.69) is 10.1 Å². The molecule has 55 heavy (non-hydrogen) atoms. The number of aryl methyl sites for hydroxylation is 1. The lowest BCUT2D eigenvalue weighted by Gasteiger charge is -2.18. The maximum absolute atomic E-state index is 13.4. The first-order valence-corrected chi connectivity index (χ1v) is 18.4. The topological polar surface area (TPSA) is 97.4 Å². The highest BCUT2D eigenvalue weighted by atomic mass is 127. The highest BCUT2D eigenvalue weighted by Crippen LogP contribution is 2.28. The summed E-state index contributed by atoms with van der Waals surface area (Å²) >= 11 is 13.0. The number of halogens is 6. The summed E-state index contributed by atoms with van der Waals surface area (Å²) in [6.07, 6.45) is 2.42. The van der Waals surface area contributed by atoms with Gasteiger partial charge in [0.2, 0.25) is 0 Å². The summed E-state index contributed by atoms with van der Waals surface area (Å²) in [6, 6.07) is 14.5. The first kappa shape index (κ1) is 51.7. The molecule has 3 aromatic rings. The summed E-state index contributed by atoms with van der Waals surface area (Å²) in [6.45, 7) is 6.12. The van der Waals surface area contributed by atoms with Gasteiger partial charge in [-0.1, -0.05) is 51.5 Å². The van der Waals surface area contributed by atoms with Gasteiger partial charge >= 0.3 is 17.9 Å². The Morgan fingerprint density at radius 1 is 0.673 bits per heavy atom. The molecule has 3 fully saturated rings. The number of carbonyl (C=O) groups excluding carboxylic acids is 3. The SMILES string of the molecule is C.C.C.COC(=O)[C@H]1CCN(c2ccc(C)c(F)c2)C1.COC(=O)[C@H]1CCN(c2ccc(Cl)c(F)c2)C1.COC(=O)[C@H]1CCNC1.Fc1cc(I)ccc1Cl. The molecule has 3 aliphatic heterocycles. The van der Waals surface area contributed by atoms with Gasteiger partial charge in [0.1, 0.15) is 17.5 Å². The highest BCUT2D eigenvalue weighted by Gasteiger charge is 2.30. The van der Waals surface area contributed by atoms with Gasteiger partial charge in [-0.25, -0.2) is 13.2 Å². The second-order valence-corrected chi connectivity index (χ2v) is 14.3. The number of esters is 3. The van der Waals surface area contributed by atoms with E-state index < -0.39 is 5.82 Å². The Balaban J connectivity index is 0.000000723. The average Bonchev–Trinajstić information content (AvgIpc) is 3.95. The number of ether oxygens (including phenoxy) is 3. The molecule has 3 aliphatic rings. The van der Waals surface area contributed by atoms with Gasteiger partial charge in [-0.3, -0.25) is 14.4 Å². The van der Waals surface area contributed by atoms with Crippen molar-refractivity contribution in [2.75, 3.05) is 70.4 Å². The lowest BCUT2D eigenvalue weighted by Crippen LogP contribution is -2.23. The van der Waals surface area contributed by atoms with Gasteiger partial charge in [0.05, 0.1) is 49.1 Å². The molecule has 0 aromatic heterocycles. The van der Waals surface area contributed by atoms with Crippen molar-refractivity contribution in [1.82, 2.24) is 5.32 Å². The second kappa shape index (κ2) is 25.8. The van der Waals surface area contributed by atoms with Crippen molar-refractivity contribution in [3.05, 3.63) is 91.2 Å². The van der Waals surface area contributed by atoms with Crippen LogP contribution in [0.1, 0.15) is 47.1 Å². The lowest BCUT2D eigenvalue weighted by atomic mass is 10.1. The van der Waals surface area contributed by atoms with Crippen LogP contribution in [0, 0.1) is 45.7 Å². The van der Waals surface area contributed by atoms with Gasteiger partial charge in [0, 0.05) is 47.7 Å². The van der Waals surface area contributed by atoms with Gasteiger partial charge < -0.3 is 29.3 Å². The standard InChI is InChI=1S/C13H16FNO2.C12H13ClFNO2.C6H3ClFI.C6H11NO2.3CH4/c1-9-3-4-11(7-12(9)14)15-6-5-10(8-15)13(16)17-2;1-17-12(16)8-4-5-15(7-8)9-2-3-10(13)11(14)6-9;7-5-2-1-4(9)3-6(5)8;1-9-6(8)5-2-3-7-4-5;;;/h3-4,7,10H,5-6,8H2,1-2H3;2-3,6,8H,4-5,7H2,1H3;1-3H;5,7H,2-4H2,1H3;3*1H4/t10-;8-;;5-;;;/m00.0.../s1. The van der Waals surface area contributed by atoms with Crippen molar-refractivity contribution < 1.29 is 41.8 Å². The van der Waals surface area contributed by atoms with Crippen LogP contribution in [0.4, 0.5) is 24.5 Å². The number of methoxy groups -OCH3 is 3. The fraction of sp³-hybridized carbons (Fsp3) is 0.475. The molecule has 3 saturated heterocycles. The maximum Gasteiger partial charge on any atom is 0.310 e. The molecule has 0 amide bonds. The van der Waals surface area contributed by atoms with E-state index in [1.807, 2.05) is 38.5 Å². The van der Waals surface area contributed by atoms with E-state index in [9.17, 15) is 27.6 Å². The maximum atomic E-state index is 13.4. The Bertz CT molecular complexity index is 1590. The third kappa shape index (κ3) is 16.0. The Hall–Kier alpha value is -3.27. The number of hydrogen-bond acceptors (Lipinski definition) is 9. The quantitative estimate of drug-likeness (QED) is 0.116. The molecule has 0 saturated carbocycles. The van der Waals surface area contributed by atoms with Gasteiger partial charge in [-0.15, -0.1) is 0 Å². The number of hydrogen-bond donors (Lipinski definition) is 1. The molecule has 3 aromatic carbocycles. The number of benzene rings is 3. The third-order valence-corrected chi connectivity index (χ3v) is 9.99. The van der Waals surface area contributed by atoms with E-state index in [1.165, 1.54) is 45.6 Å². The average molecular weight is 929 g/mol. The minimum absolute atomic E-state index is 0. The van der Waals surface area contributed by atoms with Crippen LogP contribution < -0.4 is 15.1 Å². The molecule has 9 nitrogen and oxygen atoms in total. The minimum atomic E-state index is -0.439. The second-order valence-electron chi connectivity index (χ2n) is 12.2. The zero-order chi connectivity index (χ0) is 38.4. The molecule has 0 unspecified atom stereocenters. The largest absolute Gasteiger partial charge is 0.469 e. The van der Waals surface area contributed by atoms with Crippen molar-refractivity contribution >= 4 is 75.1 Å². The van der Waals surface area contributed by atoms with E-state index in [-0.39, 0.29) is 79.6 Å². The molecule has 0 radical (unpaired) electrons. The van der Waals surface area contributed by atoms with Gasteiger partial charge in [-0.2, -0.15) is 0 Å². The normalized spacial score (nSPS) is 17.9. The van der Waals surface area contributed by atoms with Crippen LogP contribution in [0.15, 0.2) is 54.6 Å². The van der Waals surface area contributed by atoms with E-state index in [1.54, 1.807) is 31.2 Å². The molecular weight excluding hydrogens is 873 g/mol. The van der Waals surface area contributed by atoms with Crippen molar-refractivity contribution in [3.63, 3.8) is 0 Å². The fourth-order valence-corrected chi connectivity index (χ4v) is 6.35. The van der Waals surface area contributed by atoms with Crippen LogP contribution in [0.5, 0.6) is 0 Å². The van der Waals surface area contributed by atoms with E-state index >= 15 is 0 Å². The monoisotopic (exact) mass is 927 g/mol. The van der Waals surface area contributed by atoms with Crippen molar-refractivity contribution in [3.8, 4) is 0 Å². The number of nitrogens with zero attached hydrogens (tertiary/aromatic N) is 2. The predicted octanol–water partition coefficient (Wildman–Crippen LogP) is 9.37. The Morgan fingerprint density at radius 2 is 1.11 bits per heavy atom. The van der Waals surface area contributed by atoms with Crippen LogP contribution in [-0.2, 0) is 28.6 Å². The van der Waals surface area contributed by atoms with Crippen molar-refractivity contribution in [2.24, 2.45) is 17.8 Å². The number of carbonyl (C=O) groups is 3. The fourth-order valence-electron chi connectivity index (χ4n) is 5.66. The molecular formula is C40H55Cl2F3IN3O6. The van der Waals surface area contributed by atoms with E-state index in [0.29, 0.717) is 18.7 Å². The van der Waals surface area contributed by atoms with Gasteiger partial charge in [-0.05, 0) is 109 Å². The van der Waals surface area contributed by atoms with Gasteiger partial charge in [0.25, 0.3) is 0 Å². The number of rotatable bonds is 5. The molecule has 0 spiro atoms. The molecule has 3 heterocycles. The highest BCUT2D eigenvalue weighted by molar-refractivity contribution is 14.1. The number of anilines is 2. The lowest BCUT2D eigenvalue weighted by molar-refractivity contribution is -0.145. The molecule has 15 heteroatoms. The summed E-state index contributed by atoms with van der Waals surface area (Å²) in [5.74, 6) is -1.58. The first-order chi connectivity index (χ1) is 24.8. The molecule has 6 rings (SSSR count). The Morgan fingerprint density at radius 3 is 1.51 bits per heavy atom. The summed E-state index contributed by atoms with van der Waals surface area (Å²) < 4.78 is 54.0. The molecule has 308 valence electrons. The van der Waals surface area contributed by atoms with Crippen LogP contribution in [0.3, 0.4) is 0 Å². The Kier molecular flexibility index (Phi) is 24.3. The zero-order valence-corrected chi connectivity index (χ0v) is 33.1. The van der Waals surface area contributed by atoms with Crippen molar-refractivity contribution in [1.29, 1.82) is 0 Å².